The number of halogens is 1. The Balaban J connectivity index is 1.38. The number of ether oxygens (including phenoxy) is 1. The number of nitrogens with zero attached hydrogens (tertiary/aromatic N) is 4. The Morgan fingerprint density at radius 2 is 1.85 bits per heavy atom. The lowest BCUT2D eigenvalue weighted by molar-refractivity contribution is -0.137. The molecule has 1 fully saturated rings. The highest BCUT2D eigenvalue weighted by molar-refractivity contribution is 5.79. The number of aromatic nitrogens is 2. The standard InChI is InChI=1S/C19H21FN4O2/c20-16-11-21-19(22-12-16)23-7-5-14(6-8-23)18(25)24-9-10-26-17-4-2-1-3-15(17)13-24/h1-4,11-12,14H,5-10,13H2. The first-order chi connectivity index (χ1) is 12.7. The predicted molar refractivity (Wildman–Crippen MR) is 94.3 cm³/mol. The SMILES string of the molecule is O=C(C1CCN(c2ncc(F)cn2)CC1)N1CCOc2ccccc2C1. The number of anilines is 1. The summed E-state index contributed by atoms with van der Waals surface area (Å²) in [6.45, 7) is 3.11. The zero-order valence-corrected chi connectivity index (χ0v) is 14.5. The van der Waals surface area contributed by atoms with Crippen molar-refractivity contribution in [3.05, 3.63) is 48.0 Å². The zero-order chi connectivity index (χ0) is 17.9. The number of carbonyl (C=O) groups is 1. The van der Waals surface area contributed by atoms with Crippen LogP contribution in [0, 0.1) is 11.7 Å². The number of hydrogen-bond acceptors (Lipinski definition) is 5. The average molecular weight is 356 g/mol. The molecular weight excluding hydrogens is 335 g/mol. The number of hydrogen-bond donors (Lipinski definition) is 0. The molecule has 0 bridgehead atoms. The van der Waals surface area contributed by atoms with Crippen molar-refractivity contribution in [1.29, 1.82) is 0 Å². The third-order valence-electron chi connectivity index (χ3n) is 5.00. The second-order valence-corrected chi connectivity index (χ2v) is 6.68. The number of amides is 1. The number of para-hydroxylation sites is 1. The van der Waals surface area contributed by atoms with Gasteiger partial charge in [-0.1, -0.05) is 18.2 Å². The van der Waals surface area contributed by atoms with Crippen LogP contribution >= 0.6 is 0 Å². The first kappa shape index (κ1) is 16.8. The molecule has 0 saturated carbocycles. The van der Waals surface area contributed by atoms with E-state index in [0.717, 1.165) is 24.2 Å². The van der Waals surface area contributed by atoms with E-state index in [2.05, 4.69) is 9.97 Å². The van der Waals surface area contributed by atoms with Crippen LogP contribution < -0.4 is 9.64 Å². The van der Waals surface area contributed by atoms with Gasteiger partial charge in [0.1, 0.15) is 12.4 Å². The van der Waals surface area contributed by atoms with E-state index in [1.165, 1.54) is 12.4 Å². The van der Waals surface area contributed by atoms with Gasteiger partial charge < -0.3 is 14.5 Å². The fourth-order valence-electron chi connectivity index (χ4n) is 3.57. The Morgan fingerprint density at radius 3 is 2.62 bits per heavy atom. The van der Waals surface area contributed by atoms with Gasteiger partial charge in [-0.2, -0.15) is 0 Å². The summed E-state index contributed by atoms with van der Waals surface area (Å²) < 4.78 is 18.7. The molecule has 3 heterocycles. The van der Waals surface area contributed by atoms with Crippen LogP contribution in [-0.4, -0.2) is 47.0 Å². The van der Waals surface area contributed by atoms with Crippen molar-refractivity contribution >= 4 is 11.9 Å². The van der Waals surface area contributed by atoms with Gasteiger partial charge in [-0.3, -0.25) is 4.79 Å². The Morgan fingerprint density at radius 1 is 1.12 bits per heavy atom. The van der Waals surface area contributed by atoms with Crippen molar-refractivity contribution < 1.29 is 13.9 Å². The molecule has 7 heteroatoms. The molecule has 0 aliphatic carbocycles. The highest BCUT2D eigenvalue weighted by Gasteiger charge is 2.30. The van der Waals surface area contributed by atoms with Crippen LogP contribution in [0.15, 0.2) is 36.7 Å². The lowest BCUT2D eigenvalue weighted by atomic mass is 9.95. The summed E-state index contributed by atoms with van der Waals surface area (Å²) in [5, 5.41) is 0. The normalized spacial score (nSPS) is 18.0. The number of fused-ring (bicyclic) bond motifs is 1. The fraction of sp³-hybridized carbons (Fsp3) is 0.421. The molecule has 0 atom stereocenters. The second kappa shape index (κ2) is 7.27. The molecule has 1 aromatic heterocycles. The van der Waals surface area contributed by atoms with E-state index in [1.54, 1.807) is 0 Å². The summed E-state index contributed by atoms with van der Waals surface area (Å²) in [6, 6.07) is 7.88. The van der Waals surface area contributed by atoms with Crippen molar-refractivity contribution in [1.82, 2.24) is 14.9 Å². The van der Waals surface area contributed by atoms with Gasteiger partial charge in [0.2, 0.25) is 11.9 Å². The molecule has 26 heavy (non-hydrogen) atoms. The maximum atomic E-state index is 13.0. The van der Waals surface area contributed by atoms with Crippen LogP contribution in [0.4, 0.5) is 10.3 Å². The van der Waals surface area contributed by atoms with E-state index in [9.17, 15) is 9.18 Å². The summed E-state index contributed by atoms with van der Waals surface area (Å²) in [5.41, 5.74) is 1.05. The fourth-order valence-corrected chi connectivity index (χ4v) is 3.57. The van der Waals surface area contributed by atoms with Gasteiger partial charge in [-0.25, -0.2) is 14.4 Å². The highest BCUT2D eigenvalue weighted by atomic mass is 19.1. The molecule has 136 valence electrons. The third kappa shape index (κ3) is 3.47. The molecule has 1 aromatic carbocycles. The Labute approximate surface area is 151 Å². The third-order valence-corrected chi connectivity index (χ3v) is 5.00. The second-order valence-electron chi connectivity index (χ2n) is 6.68. The molecule has 2 aliphatic heterocycles. The van der Waals surface area contributed by atoms with E-state index in [1.807, 2.05) is 34.1 Å². The first-order valence-electron chi connectivity index (χ1n) is 8.93. The van der Waals surface area contributed by atoms with E-state index in [-0.39, 0.29) is 11.8 Å². The minimum absolute atomic E-state index is 0.00281. The Kier molecular flexibility index (Phi) is 4.69. The maximum Gasteiger partial charge on any atom is 0.226 e. The molecule has 1 saturated heterocycles. The minimum atomic E-state index is -0.442. The van der Waals surface area contributed by atoms with Crippen LogP contribution in [0.5, 0.6) is 5.75 Å². The van der Waals surface area contributed by atoms with Gasteiger partial charge in [-0.05, 0) is 18.9 Å². The monoisotopic (exact) mass is 356 g/mol. The van der Waals surface area contributed by atoms with E-state index in [0.29, 0.717) is 38.7 Å². The van der Waals surface area contributed by atoms with Crippen LogP contribution in [-0.2, 0) is 11.3 Å². The summed E-state index contributed by atoms with van der Waals surface area (Å²) in [5.74, 6) is 1.13. The van der Waals surface area contributed by atoms with Crippen molar-refractivity contribution in [2.45, 2.75) is 19.4 Å². The van der Waals surface area contributed by atoms with Crippen molar-refractivity contribution in [2.24, 2.45) is 5.92 Å². The molecule has 2 aliphatic rings. The van der Waals surface area contributed by atoms with Gasteiger partial charge in [-0.15, -0.1) is 0 Å². The summed E-state index contributed by atoms with van der Waals surface area (Å²) in [6.07, 6.45) is 3.85. The summed E-state index contributed by atoms with van der Waals surface area (Å²) >= 11 is 0. The van der Waals surface area contributed by atoms with E-state index in [4.69, 9.17) is 4.74 Å². The molecule has 0 unspecified atom stereocenters. The molecular formula is C19H21FN4O2. The van der Waals surface area contributed by atoms with Crippen LogP contribution in [0.25, 0.3) is 0 Å². The van der Waals surface area contributed by atoms with Gasteiger partial charge in [0.05, 0.1) is 18.9 Å². The minimum Gasteiger partial charge on any atom is -0.491 e. The van der Waals surface area contributed by atoms with Gasteiger partial charge in [0, 0.05) is 31.1 Å². The average Bonchev–Trinajstić information content (AvgIpc) is 2.91. The van der Waals surface area contributed by atoms with E-state index < -0.39 is 5.82 Å². The van der Waals surface area contributed by atoms with Crippen molar-refractivity contribution in [3.8, 4) is 5.75 Å². The highest BCUT2D eigenvalue weighted by Crippen LogP contribution is 2.26. The van der Waals surface area contributed by atoms with E-state index >= 15 is 0 Å². The lowest BCUT2D eigenvalue weighted by Gasteiger charge is -2.33. The van der Waals surface area contributed by atoms with Crippen LogP contribution in [0.1, 0.15) is 18.4 Å². The van der Waals surface area contributed by atoms with Crippen molar-refractivity contribution in [3.63, 3.8) is 0 Å². The number of rotatable bonds is 2. The summed E-state index contributed by atoms with van der Waals surface area (Å²) in [7, 11) is 0. The smallest absolute Gasteiger partial charge is 0.226 e. The molecule has 2 aromatic rings. The molecule has 6 nitrogen and oxygen atoms in total. The first-order valence-corrected chi connectivity index (χ1v) is 8.93. The maximum absolute atomic E-state index is 13.0. The molecule has 0 radical (unpaired) electrons. The predicted octanol–water partition coefficient (Wildman–Crippen LogP) is 2.25. The molecule has 0 N–H and O–H groups in total. The van der Waals surface area contributed by atoms with Gasteiger partial charge in [0.25, 0.3) is 0 Å². The molecule has 0 spiro atoms. The van der Waals surface area contributed by atoms with Gasteiger partial charge in [0.15, 0.2) is 5.82 Å². The van der Waals surface area contributed by atoms with Crippen LogP contribution in [0.2, 0.25) is 0 Å². The number of benzene rings is 1. The lowest BCUT2D eigenvalue weighted by Crippen LogP contribution is -2.43. The Hall–Kier alpha value is -2.70. The summed E-state index contributed by atoms with van der Waals surface area (Å²) in [4.78, 5) is 24.9. The number of carbonyl (C=O) groups excluding carboxylic acids is 1. The number of piperidine rings is 1. The zero-order valence-electron chi connectivity index (χ0n) is 14.5. The molecule has 4 rings (SSSR count). The topological polar surface area (TPSA) is 58.6 Å². The largest absolute Gasteiger partial charge is 0.491 e. The van der Waals surface area contributed by atoms with Crippen LogP contribution in [0.3, 0.4) is 0 Å². The van der Waals surface area contributed by atoms with Crippen molar-refractivity contribution in [2.75, 3.05) is 31.1 Å². The quantitative estimate of drug-likeness (QED) is 0.826. The Bertz CT molecular complexity index is 775. The molecule has 1 amide bonds. The van der Waals surface area contributed by atoms with Gasteiger partial charge >= 0.3 is 0 Å².